The van der Waals surface area contributed by atoms with E-state index >= 15 is 0 Å². The summed E-state index contributed by atoms with van der Waals surface area (Å²) in [6.07, 6.45) is 3.32. The van der Waals surface area contributed by atoms with E-state index in [0.717, 1.165) is 5.75 Å². The standard InChI is InChI=1S/C9H9NO2S/c1-2-6-13-9(7-10-11)8-4-3-5-12-8/h2-5,9H,1,6H2. The van der Waals surface area contributed by atoms with Gasteiger partial charge in [-0.15, -0.1) is 18.3 Å². The number of nitrogens with zero attached hydrogens (tertiary/aromatic N) is 1. The highest BCUT2D eigenvalue weighted by atomic mass is 32.2. The molecule has 1 atom stereocenters. The molecule has 68 valence electrons. The minimum absolute atomic E-state index is 0.231. The zero-order chi connectivity index (χ0) is 9.52. The molecule has 1 aromatic rings. The summed E-state index contributed by atoms with van der Waals surface area (Å²) in [5.74, 6) is 1.42. The van der Waals surface area contributed by atoms with E-state index in [0.29, 0.717) is 5.76 Å². The Balaban J connectivity index is 2.66. The van der Waals surface area contributed by atoms with Crippen LogP contribution in [0.1, 0.15) is 11.0 Å². The Morgan fingerprint density at radius 3 is 3.23 bits per heavy atom. The van der Waals surface area contributed by atoms with Crippen molar-refractivity contribution in [3.63, 3.8) is 0 Å². The van der Waals surface area contributed by atoms with E-state index in [1.807, 2.05) is 0 Å². The number of furan rings is 1. The van der Waals surface area contributed by atoms with Crippen molar-refractivity contribution < 1.29 is 4.42 Å². The Morgan fingerprint density at radius 1 is 1.85 bits per heavy atom. The predicted octanol–water partition coefficient (Wildman–Crippen LogP) is 3.07. The van der Waals surface area contributed by atoms with Gasteiger partial charge in [-0.3, -0.25) is 0 Å². The van der Waals surface area contributed by atoms with E-state index < -0.39 is 0 Å². The van der Waals surface area contributed by atoms with Gasteiger partial charge in [0, 0.05) is 10.8 Å². The maximum Gasteiger partial charge on any atom is 0.321 e. The fraction of sp³-hybridized carbons (Fsp3) is 0.222. The Hall–Kier alpha value is -1.34. The summed E-state index contributed by atoms with van der Waals surface area (Å²) in [6.45, 7) is 3.59. The van der Waals surface area contributed by atoms with Gasteiger partial charge < -0.3 is 9.62 Å². The minimum Gasteiger partial charge on any atom is -0.498 e. The van der Waals surface area contributed by atoms with Crippen LogP contribution in [0.4, 0.5) is 0 Å². The Morgan fingerprint density at radius 2 is 2.69 bits per heavy atom. The third-order valence-corrected chi connectivity index (χ3v) is 2.45. The molecule has 0 bridgehead atoms. The van der Waals surface area contributed by atoms with E-state index in [1.54, 1.807) is 24.5 Å². The molecule has 0 N–H and O–H groups in total. The molecule has 0 aromatic carbocycles. The van der Waals surface area contributed by atoms with Crippen LogP contribution in [0.15, 0.2) is 35.5 Å². The summed E-state index contributed by atoms with van der Waals surface area (Å²) >= 11 is 1.49. The third kappa shape index (κ3) is 2.88. The van der Waals surface area contributed by atoms with Crippen LogP contribution in [-0.4, -0.2) is 5.75 Å². The van der Waals surface area contributed by atoms with Gasteiger partial charge in [-0.2, -0.15) is 0 Å². The van der Waals surface area contributed by atoms with Crippen molar-refractivity contribution in [1.82, 2.24) is 0 Å². The van der Waals surface area contributed by atoms with E-state index in [-0.39, 0.29) is 5.25 Å². The van der Waals surface area contributed by atoms with Crippen LogP contribution < -0.4 is 0 Å². The van der Waals surface area contributed by atoms with Gasteiger partial charge in [0.05, 0.1) is 6.26 Å². The van der Waals surface area contributed by atoms with E-state index in [4.69, 9.17) is 4.42 Å². The second-order valence-electron chi connectivity index (χ2n) is 2.24. The van der Waals surface area contributed by atoms with Gasteiger partial charge in [0.25, 0.3) is 0 Å². The van der Waals surface area contributed by atoms with Crippen LogP contribution >= 0.6 is 11.8 Å². The summed E-state index contributed by atoms with van der Waals surface area (Å²) in [4.78, 5) is 0. The molecule has 0 fully saturated rings. The average Bonchev–Trinajstić information content (AvgIpc) is 2.65. The maximum atomic E-state index is 10.0. The number of thioether (sulfide) groups is 1. The van der Waals surface area contributed by atoms with Crippen molar-refractivity contribution in [2.75, 3.05) is 5.75 Å². The first-order valence-electron chi connectivity index (χ1n) is 3.72. The zero-order valence-electron chi connectivity index (χ0n) is 6.97. The summed E-state index contributed by atoms with van der Waals surface area (Å²) in [5.41, 5.74) is 0. The summed E-state index contributed by atoms with van der Waals surface area (Å²) < 4.78 is 5.13. The van der Waals surface area contributed by atoms with Gasteiger partial charge >= 0.3 is 6.07 Å². The zero-order valence-corrected chi connectivity index (χ0v) is 7.79. The molecule has 1 aromatic heterocycles. The molecule has 3 nitrogen and oxygen atoms in total. The highest BCUT2D eigenvalue weighted by Gasteiger charge is 2.17. The lowest BCUT2D eigenvalue weighted by Crippen LogP contribution is -1.88. The van der Waals surface area contributed by atoms with Crippen LogP contribution in [0.3, 0.4) is 0 Å². The van der Waals surface area contributed by atoms with Crippen molar-refractivity contribution in [2.24, 2.45) is 0 Å². The molecule has 0 radical (unpaired) electrons. The lowest BCUT2D eigenvalue weighted by Gasteiger charge is -1.99. The first kappa shape index (κ1) is 9.75. The molecule has 0 aliphatic rings. The molecule has 0 saturated heterocycles. The van der Waals surface area contributed by atoms with Crippen molar-refractivity contribution in [1.29, 1.82) is 0 Å². The van der Waals surface area contributed by atoms with Crippen molar-refractivity contribution >= 4 is 11.8 Å². The number of hydrogen-bond acceptors (Lipinski definition) is 3. The number of hydrogen-bond donors (Lipinski definition) is 0. The molecular weight excluding hydrogens is 186 g/mol. The topological polar surface area (TPSA) is 40.6 Å². The van der Waals surface area contributed by atoms with Crippen LogP contribution in [0.25, 0.3) is 5.01 Å². The van der Waals surface area contributed by atoms with Crippen LogP contribution in [0.2, 0.25) is 0 Å². The first-order valence-corrected chi connectivity index (χ1v) is 4.77. The molecule has 1 unspecified atom stereocenters. The molecule has 0 aliphatic carbocycles. The second kappa shape index (κ2) is 5.33. The van der Waals surface area contributed by atoms with Crippen molar-refractivity contribution in [3.05, 3.63) is 47.0 Å². The highest BCUT2D eigenvalue weighted by molar-refractivity contribution is 7.99. The quantitative estimate of drug-likeness (QED) is 0.547. The highest BCUT2D eigenvalue weighted by Crippen LogP contribution is 2.28. The molecular formula is C9H9NO2S. The monoisotopic (exact) mass is 195 g/mol. The van der Waals surface area contributed by atoms with Gasteiger partial charge in [0.1, 0.15) is 5.76 Å². The van der Waals surface area contributed by atoms with E-state index in [2.05, 4.69) is 17.7 Å². The SMILES string of the molecule is C=CCSC(C#[N+][O-])c1ccco1. The fourth-order valence-electron chi connectivity index (χ4n) is 0.836. The van der Waals surface area contributed by atoms with Crippen LogP contribution in [-0.2, 0) is 0 Å². The normalized spacial score (nSPS) is 11.4. The molecule has 1 rings (SSSR count). The molecule has 13 heavy (non-hydrogen) atoms. The van der Waals surface area contributed by atoms with Crippen molar-refractivity contribution in [2.45, 2.75) is 5.25 Å². The Bertz CT molecular complexity index is 310. The van der Waals surface area contributed by atoms with Gasteiger partial charge in [-0.1, -0.05) is 6.08 Å². The number of rotatable bonds is 4. The lowest BCUT2D eigenvalue weighted by molar-refractivity contribution is 0.522. The molecule has 4 heteroatoms. The third-order valence-electron chi connectivity index (χ3n) is 1.35. The molecule has 0 aliphatic heterocycles. The first-order chi connectivity index (χ1) is 6.38. The van der Waals surface area contributed by atoms with Gasteiger partial charge in [0.15, 0.2) is 5.25 Å². The predicted molar refractivity (Wildman–Crippen MR) is 54.7 cm³/mol. The molecule has 0 spiro atoms. The fourth-order valence-corrected chi connectivity index (χ4v) is 1.58. The summed E-state index contributed by atoms with van der Waals surface area (Å²) in [6, 6.07) is 5.97. The van der Waals surface area contributed by atoms with Gasteiger partial charge in [-0.05, 0) is 12.1 Å². The van der Waals surface area contributed by atoms with Gasteiger partial charge in [-0.25, -0.2) is 0 Å². The molecule has 0 saturated carbocycles. The lowest BCUT2D eigenvalue weighted by atomic mass is 10.3. The molecule has 0 amide bonds. The van der Waals surface area contributed by atoms with E-state index in [9.17, 15) is 5.21 Å². The second-order valence-corrected chi connectivity index (χ2v) is 3.38. The minimum atomic E-state index is -0.231. The largest absolute Gasteiger partial charge is 0.498 e. The molecule has 1 heterocycles. The average molecular weight is 195 g/mol. The Labute approximate surface area is 80.8 Å². The smallest absolute Gasteiger partial charge is 0.321 e. The van der Waals surface area contributed by atoms with Crippen LogP contribution in [0, 0.1) is 11.3 Å². The van der Waals surface area contributed by atoms with Crippen LogP contribution in [0.5, 0.6) is 0 Å². The maximum absolute atomic E-state index is 10.0. The van der Waals surface area contributed by atoms with E-state index in [1.165, 1.54) is 11.8 Å². The summed E-state index contributed by atoms with van der Waals surface area (Å²) in [7, 11) is 0. The van der Waals surface area contributed by atoms with Crippen molar-refractivity contribution in [3.8, 4) is 6.07 Å². The van der Waals surface area contributed by atoms with Gasteiger partial charge in [0.2, 0.25) is 0 Å². The summed E-state index contributed by atoms with van der Waals surface area (Å²) in [5, 5.41) is 12.4. The Kier molecular flexibility index (Phi) is 4.00.